The van der Waals surface area contributed by atoms with Gasteiger partial charge in [-0.1, -0.05) is 42.0 Å². The summed E-state index contributed by atoms with van der Waals surface area (Å²) in [5.41, 5.74) is 4.49. The fourth-order valence-electron chi connectivity index (χ4n) is 4.48. The lowest BCUT2D eigenvalue weighted by Gasteiger charge is -2.28. The lowest BCUT2D eigenvalue weighted by atomic mass is 9.77. The Balaban J connectivity index is 1.26. The van der Waals surface area contributed by atoms with Crippen molar-refractivity contribution < 1.29 is 13.2 Å². The molecule has 3 unspecified atom stereocenters. The van der Waals surface area contributed by atoms with Crippen LogP contribution in [0.25, 0.3) is 0 Å². The zero-order chi connectivity index (χ0) is 23.0. The van der Waals surface area contributed by atoms with E-state index in [0.29, 0.717) is 11.4 Å². The van der Waals surface area contributed by atoms with Gasteiger partial charge in [0.1, 0.15) is 6.04 Å². The topological polar surface area (TPSA) is 100.0 Å². The second kappa shape index (κ2) is 8.44. The van der Waals surface area contributed by atoms with Crippen molar-refractivity contribution in [3.8, 4) is 0 Å². The van der Waals surface area contributed by atoms with Gasteiger partial charge in [-0.2, -0.15) is 10.2 Å². The number of hydrogen-bond acceptors (Lipinski definition) is 5. The third kappa shape index (κ3) is 4.26. The number of sulfonamides is 1. The van der Waals surface area contributed by atoms with Gasteiger partial charge >= 0.3 is 0 Å². The van der Waals surface area contributed by atoms with Crippen LogP contribution in [0.1, 0.15) is 29.2 Å². The number of azo groups is 1. The molecule has 1 heterocycles. The Morgan fingerprint density at radius 2 is 1.61 bits per heavy atom. The van der Waals surface area contributed by atoms with Crippen LogP contribution >= 0.6 is 0 Å². The predicted octanol–water partition coefficient (Wildman–Crippen LogP) is 4.87. The fourth-order valence-corrected chi connectivity index (χ4v) is 5.54. The van der Waals surface area contributed by atoms with Crippen molar-refractivity contribution in [1.82, 2.24) is 0 Å². The van der Waals surface area contributed by atoms with E-state index >= 15 is 0 Å². The Bertz CT molecular complexity index is 1320. The van der Waals surface area contributed by atoms with Crippen LogP contribution in [0, 0.1) is 12.8 Å². The minimum Gasteiger partial charge on any atom is -0.324 e. The van der Waals surface area contributed by atoms with Crippen molar-refractivity contribution in [3.63, 3.8) is 0 Å². The average Bonchev–Trinajstić information content (AvgIpc) is 3.26. The molecule has 0 saturated carbocycles. The number of nitrogens with zero attached hydrogens (tertiary/aromatic N) is 2. The van der Waals surface area contributed by atoms with Gasteiger partial charge < -0.3 is 5.32 Å². The molecule has 0 bridgehead atoms. The summed E-state index contributed by atoms with van der Waals surface area (Å²) in [5.74, 6) is -0.183. The molecule has 1 aliphatic carbocycles. The van der Waals surface area contributed by atoms with Crippen LogP contribution in [0.2, 0.25) is 0 Å². The quantitative estimate of drug-likeness (QED) is 0.568. The van der Waals surface area contributed by atoms with Gasteiger partial charge in [-0.3, -0.25) is 9.52 Å². The number of carbonyl (C=O) groups is 1. The molecule has 1 amide bonds. The Labute approximate surface area is 193 Å². The van der Waals surface area contributed by atoms with Crippen molar-refractivity contribution in [3.05, 3.63) is 89.5 Å². The van der Waals surface area contributed by atoms with E-state index in [1.807, 2.05) is 31.2 Å². The molecule has 0 spiro atoms. The normalized spacial score (nSPS) is 21.2. The molecule has 1 aliphatic heterocycles. The molecule has 3 aromatic carbocycles. The standard InChI is InChI=1S/C25H24N4O3S/c1-16-6-9-19(10-7-16)29-33(31,32)20-13-11-18(12-14-20)26-25(30)24-22-15-8-17-4-2-3-5-21(17)23(22)27-28-24/h2-7,9-14,22-24,29H,8,15H2,1H3,(H,26,30). The first-order valence-electron chi connectivity index (χ1n) is 10.9. The first kappa shape index (κ1) is 21.3. The maximum atomic E-state index is 12.9. The highest BCUT2D eigenvalue weighted by molar-refractivity contribution is 7.92. The number of rotatable bonds is 5. The number of amides is 1. The van der Waals surface area contributed by atoms with Crippen molar-refractivity contribution in [1.29, 1.82) is 0 Å². The molecular formula is C25H24N4O3S. The van der Waals surface area contributed by atoms with Crippen molar-refractivity contribution in [2.24, 2.45) is 16.1 Å². The second-order valence-corrected chi connectivity index (χ2v) is 10.2. The van der Waals surface area contributed by atoms with E-state index in [0.717, 1.165) is 24.0 Å². The molecule has 5 rings (SSSR count). The summed E-state index contributed by atoms with van der Waals surface area (Å²) >= 11 is 0. The largest absolute Gasteiger partial charge is 0.324 e. The lowest BCUT2D eigenvalue weighted by molar-refractivity contribution is -0.118. The SMILES string of the molecule is Cc1ccc(NS(=O)(=O)c2ccc(NC(=O)C3N=NC4c5ccccc5CCC34)cc2)cc1. The number of fused-ring (bicyclic) bond motifs is 3. The van der Waals surface area contributed by atoms with Crippen molar-refractivity contribution in [2.75, 3.05) is 10.0 Å². The average molecular weight is 461 g/mol. The minimum atomic E-state index is -3.73. The maximum absolute atomic E-state index is 12.9. The smallest absolute Gasteiger partial charge is 0.261 e. The number of carbonyl (C=O) groups excluding carboxylic acids is 1. The molecule has 7 nitrogen and oxygen atoms in total. The Hall–Kier alpha value is -3.52. The van der Waals surface area contributed by atoms with E-state index in [1.54, 1.807) is 24.3 Å². The molecule has 0 aromatic heterocycles. The van der Waals surface area contributed by atoms with Crippen LogP contribution < -0.4 is 10.0 Å². The van der Waals surface area contributed by atoms with Gasteiger partial charge in [-0.25, -0.2) is 8.42 Å². The summed E-state index contributed by atoms with van der Waals surface area (Å²) in [6.07, 6.45) is 1.77. The van der Waals surface area contributed by atoms with Crippen LogP contribution in [-0.4, -0.2) is 20.4 Å². The highest BCUT2D eigenvalue weighted by Crippen LogP contribution is 2.44. The molecule has 8 heteroatoms. The van der Waals surface area contributed by atoms with Crippen LogP contribution in [-0.2, 0) is 21.2 Å². The van der Waals surface area contributed by atoms with Gasteiger partial charge in [0, 0.05) is 17.3 Å². The maximum Gasteiger partial charge on any atom is 0.261 e. The summed E-state index contributed by atoms with van der Waals surface area (Å²) in [5, 5.41) is 11.6. The molecule has 0 saturated heterocycles. The molecule has 168 valence electrons. The Morgan fingerprint density at radius 1 is 0.909 bits per heavy atom. The molecule has 3 atom stereocenters. The van der Waals surface area contributed by atoms with Gasteiger partial charge in [0.25, 0.3) is 15.9 Å². The zero-order valence-corrected chi connectivity index (χ0v) is 18.9. The van der Waals surface area contributed by atoms with E-state index in [2.05, 4.69) is 32.4 Å². The van der Waals surface area contributed by atoms with Crippen molar-refractivity contribution >= 4 is 27.3 Å². The summed E-state index contributed by atoms with van der Waals surface area (Å²) in [6.45, 7) is 1.94. The number of aryl methyl sites for hydroxylation is 2. The number of hydrogen-bond donors (Lipinski definition) is 2. The Morgan fingerprint density at radius 3 is 2.36 bits per heavy atom. The highest BCUT2D eigenvalue weighted by Gasteiger charge is 2.42. The third-order valence-corrected chi connectivity index (χ3v) is 7.65. The van der Waals surface area contributed by atoms with Crippen LogP contribution in [0.4, 0.5) is 11.4 Å². The van der Waals surface area contributed by atoms with Crippen LogP contribution in [0.15, 0.2) is 87.9 Å². The van der Waals surface area contributed by atoms with E-state index in [1.165, 1.54) is 17.7 Å². The Kier molecular flexibility index (Phi) is 5.46. The number of nitrogens with one attached hydrogen (secondary N) is 2. The van der Waals surface area contributed by atoms with Gasteiger partial charge in [-0.05, 0) is 67.3 Å². The fraction of sp³-hybridized carbons (Fsp3) is 0.240. The first-order valence-corrected chi connectivity index (χ1v) is 12.4. The number of benzene rings is 3. The van der Waals surface area contributed by atoms with Crippen LogP contribution in [0.5, 0.6) is 0 Å². The highest BCUT2D eigenvalue weighted by atomic mass is 32.2. The van der Waals surface area contributed by atoms with E-state index in [4.69, 9.17) is 0 Å². The minimum absolute atomic E-state index is 0.0401. The molecule has 3 aromatic rings. The van der Waals surface area contributed by atoms with Crippen molar-refractivity contribution in [2.45, 2.75) is 36.7 Å². The molecular weight excluding hydrogens is 436 g/mol. The van der Waals surface area contributed by atoms with E-state index < -0.39 is 16.1 Å². The lowest BCUT2D eigenvalue weighted by Crippen LogP contribution is -2.34. The summed E-state index contributed by atoms with van der Waals surface area (Å²) in [7, 11) is -3.73. The van der Waals surface area contributed by atoms with E-state index in [-0.39, 0.29) is 22.8 Å². The zero-order valence-electron chi connectivity index (χ0n) is 18.1. The monoisotopic (exact) mass is 460 g/mol. The van der Waals surface area contributed by atoms with Gasteiger partial charge in [0.05, 0.1) is 4.90 Å². The van der Waals surface area contributed by atoms with Gasteiger partial charge in [0.15, 0.2) is 6.04 Å². The van der Waals surface area contributed by atoms with Gasteiger partial charge in [-0.15, -0.1) is 0 Å². The number of anilines is 2. The molecule has 2 N–H and O–H groups in total. The van der Waals surface area contributed by atoms with Gasteiger partial charge in [0.2, 0.25) is 0 Å². The molecule has 0 fully saturated rings. The summed E-state index contributed by atoms with van der Waals surface area (Å²) in [6, 6.07) is 20.8. The molecule has 0 radical (unpaired) electrons. The predicted molar refractivity (Wildman–Crippen MR) is 127 cm³/mol. The van der Waals surface area contributed by atoms with Crippen LogP contribution in [0.3, 0.4) is 0 Å². The molecule has 33 heavy (non-hydrogen) atoms. The summed E-state index contributed by atoms with van der Waals surface area (Å²) < 4.78 is 27.9. The third-order valence-electron chi connectivity index (χ3n) is 6.25. The first-order chi connectivity index (χ1) is 15.9. The molecule has 2 aliphatic rings. The second-order valence-electron chi connectivity index (χ2n) is 8.51. The van der Waals surface area contributed by atoms with E-state index in [9.17, 15) is 13.2 Å². The summed E-state index contributed by atoms with van der Waals surface area (Å²) in [4.78, 5) is 13.1.